The second-order valence-electron chi connectivity index (χ2n) is 4.92. The van der Waals surface area contributed by atoms with Crippen molar-refractivity contribution in [1.29, 1.82) is 0 Å². The smallest absolute Gasteiger partial charge is 0.225 e. The second kappa shape index (κ2) is 4.10. The normalized spacial score (nSPS) is 29.3. The first kappa shape index (κ1) is 10.9. The van der Waals surface area contributed by atoms with Gasteiger partial charge in [-0.25, -0.2) is 0 Å². The highest BCUT2D eigenvalue weighted by Crippen LogP contribution is 2.42. The summed E-state index contributed by atoms with van der Waals surface area (Å²) in [5.74, 6) is 0.0879. The maximum absolute atomic E-state index is 11.5. The van der Waals surface area contributed by atoms with Gasteiger partial charge in [0.2, 0.25) is 5.91 Å². The van der Waals surface area contributed by atoms with Crippen molar-refractivity contribution in [3.8, 4) is 0 Å². The summed E-state index contributed by atoms with van der Waals surface area (Å²) >= 11 is 0. The van der Waals surface area contributed by atoms with Gasteiger partial charge in [-0.3, -0.25) is 4.79 Å². The van der Waals surface area contributed by atoms with Crippen molar-refractivity contribution in [2.24, 2.45) is 5.41 Å². The fourth-order valence-electron chi connectivity index (χ4n) is 2.64. The van der Waals surface area contributed by atoms with E-state index >= 15 is 0 Å². The second-order valence-corrected chi connectivity index (χ2v) is 4.92. The number of hydrogen-bond acceptors (Lipinski definition) is 3. The molecule has 0 bridgehead atoms. The molecule has 1 unspecified atom stereocenters. The molecule has 0 spiro atoms. The largest absolute Gasteiger partial charge is 0.391 e. The Bertz CT molecular complexity index is 250. The number of aliphatic hydroxyl groups is 1. The molecule has 86 valence electrons. The third kappa shape index (κ3) is 2.16. The van der Waals surface area contributed by atoms with E-state index in [1.807, 2.05) is 0 Å². The van der Waals surface area contributed by atoms with E-state index in [4.69, 9.17) is 4.74 Å². The van der Waals surface area contributed by atoms with E-state index in [2.05, 4.69) is 0 Å². The van der Waals surface area contributed by atoms with Crippen LogP contribution < -0.4 is 0 Å². The van der Waals surface area contributed by atoms with Crippen molar-refractivity contribution in [1.82, 2.24) is 4.90 Å². The molecule has 1 amide bonds. The Morgan fingerprint density at radius 2 is 2.33 bits per heavy atom. The highest BCUT2D eigenvalue weighted by atomic mass is 16.5. The highest BCUT2D eigenvalue weighted by Gasteiger charge is 2.41. The average Bonchev–Trinajstić information content (AvgIpc) is 2.42. The number of likely N-dealkylation sites (tertiary alicyclic amines) is 1. The molecule has 0 aromatic carbocycles. The molecule has 1 N–H and O–H groups in total. The van der Waals surface area contributed by atoms with E-state index in [1.54, 1.807) is 12.0 Å². The third-order valence-electron chi connectivity index (χ3n) is 3.59. The molecule has 1 atom stereocenters. The summed E-state index contributed by atoms with van der Waals surface area (Å²) in [6.07, 6.45) is 3.34. The first-order chi connectivity index (χ1) is 7.15. The van der Waals surface area contributed by atoms with Crippen molar-refractivity contribution < 1.29 is 14.6 Å². The predicted octanol–water partition coefficient (Wildman–Crippen LogP) is 0.396. The topological polar surface area (TPSA) is 49.8 Å². The summed E-state index contributed by atoms with van der Waals surface area (Å²) in [6.45, 7) is 1.99. The molecule has 1 saturated carbocycles. The van der Waals surface area contributed by atoms with E-state index in [9.17, 15) is 9.90 Å². The van der Waals surface area contributed by atoms with E-state index in [1.165, 1.54) is 6.42 Å². The lowest BCUT2D eigenvalue weighted by atomic mass is 9.69. The maximum Gasteiger partial charge on any atom is 0.225 e. The number of methoxy groups -OCH3 is 1. The van der Waals surface area contributed by atoms with Gasteiger partial charge < -0.3 is 14.7 Å². The Morgan fingerprint density at radius 3 is 2.73 bits per heavy atom. The Balaban J connectivity index is 1.92. The van der Waals surface area contributed by atoms with Gasteiger partial charge in [-0.05, 0) is 12.8 Å². The summed E-state index contributed by atoms with van der Waals surface area (Å²) in [5, 5.41) is 9.39. The van der Waals surface area contributed by atoms with Crippen molar-refractivity contribution in [2.75, 3.05) is 26.8 Å². The SMILES string of the molecule is COCC1(CN2CC(O)CC2=O)CCC1. The molecule has 2 fully saturated rings. The average molecular weight is 213 g/mol. The molecule has 4 heteroatoms. The fourth-order valence-corrected chi connectivity index (χ4v) is 2.64. The monoisotopic (exact) mass is 213 g/mol. The molecule has 4 nitrogen and oxygen atoms in total. The molecular formula is C11H19NO3. The number of ether oxygens (including phenoxy) is 1. The van der Waals surface area contributed by atoms with Crippen LogP contribution in [0.2, 0.25) is 0 Å². The number of rotatable bonds is 4. The van der Waals surface area contributed by atoms with E-state index in [-0.39, 0.29) is 11.3 Å². The molecule has 2 rings (SSSR count). The number of aliphatic hydroxyl groups excluding tert-OH is 1. The lowest BCUT2D eigenvalue weighted by Gasteiger charge is -2.43. The van der Waals surface area contributed by atoms with Crippen molar-refractivity contribution in [3.05, 3.63) is 0 Å². The van der Waals surface area contributed by atoms with Crippen LogP contribution in [-0.2, 0) is 9.53 Å². The number of β-amino-alcohol motifs (C(OH)–C–C–N with tert-alkyl or cyclic N) is 1. The summed E-state index contributed by atoms with van der Waals surface area (Å²) < 4.78 is 5.22. The van der Waals surface area contributed by atoms with Crippen LogP contribution in [0.5, 0.6) is 0 Å². The van der Waals surface area contributed by atoms with E-state index < -0.39 is 6.10 Å². The quantitative estimate of drug-likeness (QED) is 0.735. The van der Waals surface area contributed by atoms with Crippen molar-refractivity contribution in [2.45, 2.75) is 31.8 Å². The van der Waals surface area contributed by atoms with Crippen LogP contribution in [0.4, 0.5) is 0 Å². The Labute approximate surface area is 90.2 Å². The first-order valence-corrected chi connectivity index (χ1v) is 5.60. The van der Waals surface area contributed by atoms with Crippen LogP contribution in [0.15, 0.2) is 0 Å². The molecule has 0 aromatic heterocycles. The molecule has 1 heterocycles. The molecule has 15 heavy (non-hydrogen) atoms. The Kier molecular flexibility index (Phi) is 2.98. The molecule has 1 saturated heterocycles. The third-order valence-corrected chi connectivity index (χ3v) is 3.59. The fraction of sp³-hybridized carbons (Fsp3) is 0.909. The lowest BCUT2D eigenvalue weighted by Crippen LogP contribution is -2.46. The van der Waals surface area contributed by atoms with E-state index in [0.717, 1.165) is 26.0 Å². The van der Waals surface area contributed by atoms with Gasteiger partial charge in [-0.1, -0.05) is 6.42 Å². The zero-order valence-electron chi connectivity index (χ0n) is 9.24. The van der Waals surface area contributed by atoms with Gasteiger partial charge >= 0.3 is 0 Å². The summed E-state index contributed by atoms with van der Waals surface area (Å²) in [6, 6.07) is 0. The summed E-state index contributed by atoms with van der Waals surface area (Å²) in [5.41, 5.74) is 0.175. The first-order valence-electron chi connectivity index (χ1n) is 5.60. The van der Waals surface area contributed by atoms with Crippen LogP contribution in [0.3, 0.4) is 0 Å². The summed E-state index contributed by atoms with van der Waals surface area (Å²) in [4.78, 5) is 13.3. The van der Waals surface area contributed by atoms with E-state index in [0.29, 0.717) is 13.0 Å². The highest BCUT2D eigenvalue weighted by molar-refractivity contribution is 5.79. The number of hydrogen-bond donors (Lipinski definition) is 1. The van der Waals surface area contributed by atoms with Crippen LogP contribution in [-0.4, -0.2) is 48.8 Å². The van der Waals surface area contributed by atoms with Gasteiger partial charge in [-0.15, -0.1) is 0 Å². The zero-order chi connectivity index (χ0) is 10.9. The Hall–Kier alpha value is -0.610. The van der Waals surface area contributed by atoms with Gasteiger partial charge in [0, 0.05) is 25.6 Å². The molecule has 1 aliphatic heterocycles. The molecular weight excluding hydrogens is 194 g/mol. The van der Waals surface area contributed by atoms with Crippen molar-refractivity contribution in [3.63, 3.8) is 0 Å². The minimum atomic E-state index is -0.461. The van der Waals surface area contributed by atoms with Crippen LogP contribution in [0, 0.1) is 5.41 Å². The molecule has 2 aliphatic rings. The van der Waals surface area contributed by atoms with Gasteiger partial charge in [0.1, 0.15) is 0 Å². The number of nitrogens with zero attached hydrogens (tertiary/aromatic N) is 1. The van der Waals surface area contributed by atoms with Gasteiger partial charge in [-0.2, -0.15) is 0 Å². The van der Waals surface area contributed by atoms with Crippen LogP contribution >= 0.6 is 0 Å². The van der Waals surface area contributed by atoms with Crippen LogP contribution in [0.25, 0.3) is 0 Å². The lowest BCUT2D eigenvalue weighted by molar-refractivity contribution is -0.131. The number of carbonyl (C=O) groups is 1. The number of amides is 1. The zero-order valence-corrected chi connectivity index (χ0v) is 9.24. The minimum absolute atomic E-state index is 0.0879. The maximum atomic E-state index is 11.5. The van der Waals surface area contributed by atoms with Gasteiger partial charge in [0.05, 0.1) is 19.1 Å². The Morgan fingerprint density at radius 1 is 1.60 bits per heavy atom. The molecule has 0 aromatic rings. The van der Waals surface area contributed by atoms with Crippen LogP contribution in [0.1, 0.15) is 25.7 Å². The minimum Gasteiger partial charge on any atom is -0.391 e. The molecule has 1 aliphatic carbocycles. The number of carbonyl (C=O) groups excluding carboxylic acids is 1. The predicted molar refractivity (Wildman–Crippen MR) is 55.4 cm³/mol. The van der Waals surface area contributed by atoms with Gasteiger partial charge in [0.25, 0.3) is 0 Å². The standard InChI is InChI=1S/C11H19NO3/c1-15-8-11(3-2-4-11)7-12-6-9(13)5-10(12)14/h9,13H,2-8H2,1H3. The van der Waals surface area contributed by atoms with Gasteiger partial charge in [0.15, 0.2) is 0 Å². The summed E-state index contributed by atoms with van der Waals surface area (Å²) in [7, 11) is 1.71. The van der Waals surface area contributed by atoms with Crippen molar-refractivity contribution >= 4 is 5.91 Å². The molecule has 0 radical (unpaired) electrons.